The monoisotopic (exact) mass is 313 g/mol. The first-order valence-electron chi connectivity index (χ1n) is 6.14. The summed E-state index contributed by atoms with van der Waals surface area (Å²) in [7, 11) is 0. The molecule has 2 rings (SSSR count). The lowest BCUT2D eigenvalue weighted by atomic mass is 9.78. The third-order valence-electron chi connectivity index (χ3n) is 3.55. The zero-order valence-electron chi connectivity index (χ0n) is 10.8. The lowest BCUT2D eigenvalue weighted by Crippen LogP contribution is -2.69. The van der Waals surface area contributed by atoms with Crippen molar-refractivity contribution in [3.05, 3.63) is 35.9 Å². The Labute approximate surface area is 125 Å². The van der Waals surface area contributed by atoms with Crippen LogP contribution in [0.5, 0.6) is 0 Å². The second-order valence-corrected chi connectivity index (χ2v) is 4.91. The van der Waals surface area contributed by atoms with Crippen LogP contribution >= 0.6 is 12.2 Å². The maximum absolute atomic E-state index is 10.7. The number of nitrogens with zero attached hydrogens (tertiary/aromatic N) is 1. The van der Waals surface area contributed by atoms with Gasteiger partial charge in [-0.15, -0.1) is 0 Å². The first-order valence-corrected chi connectivity index (χ1v) is 6.55. The number of hydrogen-bond donors (Lipinski definition) is 5. The summed E-state index contributed by atoms with van der Waals surface area (Å²) in [4.78, 5) is 3.27. The molecule has 1 heterocycles. The summed E-state index contributed by atoms with van der Waals surface area (Å²) in [5.41, 5.74) is -1.91. The molecule has 5 N–H and O–H groups in total. The first-order chi connectivity index (χ1) is 9.90. The van der Waals surface area contributed by atoms with Crippen molar-refractivity contribution in [2.45, 2.75) is 29.8 Å². The summed E-state index contributed by atoms with van der Waals surface area (Å²) in [5.74, 6) is -2.59. The zero-order chi connectivity index (χ0) is 15.7. The molecule has 1 aliphatic heterocycles. The van der Waals surface area contributed by atoms with E-state index in [0.29, 0.717) is 0 Å². The molecule has 5 atom stereocenters. The van der Waals surface area contributed by atoms with Gasteiger partial charge >= 0.3 is 5.91 Å². The van der Waals surface area contributed by atoms with Crippen LogP contribution in [0, 0.1) is 0 Å². The average molecular weight is 313 g/mol. The van der Waals surface area contributed by atoms with E-state index < -0.39 is 36.4 Å². The molecule has 21 heavy (non-hydrogen) atoms. The highest BCUT2D eigenvalue weighted by Crippen LogP contribution is 2.41. The van der Waals surface area contributed by atoms with Gasteiger partial charge in [-0.1, -0.05) is 30.3 Å². The molecule has 7 nitrogen and oxygen atoms in total. The molecule has 0 radical (unpaired) electrons. The summed E-state index contributed by atoms with van der Waals surface area (Å²) in [6, 6.07) is 7.90. The molecular formula is C13H15NO6S. The van der Waals surface area contributed by atoms with Crippen molar-refractivity contribution in [2.75, 3.05) is 6.61 Å². The molecule has 0 amide bonds. The Morgan fingerprint density at radius 1 is 1.19 bits per heavy atom. The fraction of sp³-hybridized carbons (Fsp3) is 0.462. The number of rotatable bonds is 3. The third kappa shape index (κ3) is 2.52. The Kier molecular flexibility index (Phi) is 4.52. The van der Waals surface area contributed by atoms with Crippen molar-refractivity contribution >= 4 is 17.4 Å². The van der Waals surface area contributed by atoms with Gasteiger partial charge in [-0.2, -0.15) is 4.99 Å². The molecule has 1 aromatic carbocycles. The quantitative estimate of drug-likeness (QED) is 0.348. The Morgan fingerprint density at radius 2 is 1.81 bits per heavy atom. The Bertz CT molecular complexity index is 547. The van der Waals surface area contributed by atoms with E-state index in [1.807, 2.05) is 5.16 Å². The molecule has 0 saturated carbocycles. The number of aliphatic hydroxyl groups is 5. The fourth-order valence-electron chi connectivity index (χ4n) is 2.40. The van der Waals surface area contributed by atoms with Crippen LogP contribution in [0.1, 0.15) is 5.56 Å². The fourth-order valence-corrected chi connectivity index (χ4v) is 2.53. The maximum atomic E-state index is 10.7. The van der Waals surface area contributed by atoms with E-state index in [-0.39, 0.29) is 5.56 Å². The maximum Gasteiger partial charge on any atom is 0.306 e. The number of benzene rings is 1. The molecule has 1 aliphatic rings. The van der Waals surface area contributed by atoms with Crippen LogP contribution < -0.4 is 0 Å². The van der Waals surface area contributed by atoms with E-state index in [9.17, 15) is 25.5 Å². The minimum Gasteiger partial charge on any atom is -0.394 e. The highest BCUT2D eigenvalue weighted by Gasteiger charge is 2.61. The van der Waals surface area contributed by atoms with Crippen molar-refractivity contribution < 1.29 is 30.3 Å². The molecule has 0 aliphatic carbocycles. The van der Waals surface area contributed by atoms with Crippen molar-refractivity contribution in [3.8, 4) is 0 Å². The van der Waals surface area contributed by atoms with E-state index in [1.165, 1.54) is 12.1 Å². The van der Waals surface area contributed by atoms with Crippen LogP contribution in [-0.4, -0.2) is 61.5 Å². The van der Waals surface area contributed by atoms with Gasteiger partial charge in [0.05, 0.1) is 11.8 Å². The number of isothiocyanates is 1. The topological polar surface area (TPSA) is 123 Å². The van der Waals surface area contributed by atoms with E-state index in [1.54, 1.807) is 18.2 Å². The number of ether oxygens (including phenoxy) is 1. The summed E-state index contributed by atoms with van der Waals surface area (Å²) >= 11 is 4.35. The molecule has 0 aromatic heterocycles. The second kappa shape index (κ2) is 5.88. The average Bonchev–Trinajstić information content (AvgIpc) is 2.50. The molecule has 0 spiro atoms. The SMILES string of the molecule is OC[C@H]1O[C@@](O)(N=C=S)[C@@H](O)[C@@H](O)[C@@]1(O)c1ccccc1. The third-order valence-corrected chi connectivity index (χ3v) is 3.64. The second-order valence-electron chi connectivity index (χ2n) is 4.73. The minimum absolute atomic E-state index is 0.212. The van der Waals surface area contributed by atoms with E-state index in [0.717, 1.165) is 0 Å². The van der Waals surface area contributed by atoms with Gasteiger partial charge in [-0.25, -0.2) is 0 Å². The predicted octanol–water partition coefficient (Wildman–Crippen LogP) is -1.26. The lowest BCUT2D eigenvalue weighted by Gasteiger charge is -2.49. The predicted molar refractivity (Wildman–Crippen MR) is 74.3 cm³/mol. The van der Waals surface area contributed by atoms with Crippen LogP contribution in [-0.2, 0) is 10.3 Å². The van der Waals surface area contributed by atoms with Gasteiger partial charge in [0.2, 0.25) is 0 Å². The number of hydrogen-bond acceptors (Lipinski definition) is 8. The van der Waals surface area contributed by atoms with Gasteiger partial charge in [-0.05, 0) is 17.8 Å². The summed E-state index contributed by atoms with van der Waals surface area (Å²) in [6.45, 7) is -0.732. The van der Waals surface area contributed by atoms with Crippen LogP contribution in [0.4, 0.5) is 0 Å². The number of thiocarbonyl (C=S) groups is 1. The molecule has 0 unspecified atom stereocenters. The Balaban J connectivity index is 2.51. The van der Waals surface area contributed by atoms with Crippen molar-refractivity contribution in [3.63, 3.8) is 0 Å². The van der Waals surface area contributed by atoms with Gasteiger partial charge < -0.3 is 30.3 Å². The smallest absolute Gasteiger partial charge is 0.306 e. The molecule has 1 fully saturated rings. The molecular weight excluding hydrogens is 298 g/mol. The van der Waals surface area contributed by atoms with Crippen LogP contribution in [0.25, 0.3) is 0 Å². The van der Waals surface area contributed by atoms with E-state index in [2.05, 4.69) is 17.2 Å². The van der Waals surface area contributed by atoms with Gasteiger partial charge in [0.1, 0.15) is 17.8 Å². The van der Waals surface area contributed by atoms with Gasteiger partial charge in [0, 0.05) is 0 Å². The Morgan fingerprint density at radius 3 is 2.33 bits per heavy atom. The summed E-state index contributed by atoms with van der Waals surface area (Å²) in [6.07, 6.45) is -5.29. The number of aliphatic hydroxyl groups excluding tert-OH is 3. The Hall–Kier alpha value is -1.22. The highest BCUT2D eigenvalue weighted by molar-refractivity contribution is 7.78. The summed E-state index contributed by atoms with van der Waals surface area (Å²) in [5, 5.41) is 52.3. The number of aliphatic imine (C=N–C) groups is 1. The molecule has 1 saturated heterocycles. The summed E-state index contributed by atoms with van der Waals surface area (Å²) < 4.78 is 5.07. The minimum atomic E-state index is -2.59. The van der Waals surface area contributed by atoms with Crippen LogP contribution in [0.2, 0.25) is 0 Å². The molecule has 1 aromatic rings. The van der Waals surface area contributed by atoms with Crippen LogP contribution in [0.15, 0.2) is 35.3 Å². The largest absolute Gasteiger partial charge is 0.394 e. The van der Waals surface area contributed by atoms with Crippen molar-refractivity contribution in [2.24, 2.45) is 4.99 Å². The highest BCUT2D eigenvalue weighted by atomic mass is 32.1. The van der Waals surface area contributed by atoms with Gasteiger partial charge in [0.25, 0.3) is 0 Å². The molecule has 114 valence electrons. The van der Waals surface area contributed by atoms with Gasteiger partial charge in [0.15, 0.2) is 6.10 Å². The van der Waals surface area contributed by atoms with Crippen molar-refractivity contribution in [1.29, 1.82) is 0 Å². The lowest BCUT2D eigenvalue weighted by molar-refractivity contribution is -0.374. The van der Waals surface area contributed by atoms with Crippen LogP contribution in [0.3, 0.4) is 0 Å². The van der Waals surface area contributed by atoms with E-state index >= 15 is 0 Å². The van der Waals surface area contributed by atoms with Gasteiger partial charge in [-0.3, -0.25) is 0 Å². The zero-order valence-corrected chi connectivity index (χ0v) is 11.6. The normalized spacial score (nSPS) is 39.6. The molecule has 0 bridgehead atoms. The molecule has 8 heteroatoms. The van der Waals surface area contributed by atoms with E-state index in [4.69, 9.17) is 4.74 Å². The van der Waals surface area contributed by atoms with Crippen molar-refractivity contribution in [1.82, 2.24) is 0 Å². The first kappa shape index (κ1) is 16.2. The standard InChI is InChI=1S/C13H15NO6S/c15-6-9-12(18,8-4-2-1-3-5-8)10(16)11(17)13(19,20-9)14-7-21/h1-5,9-11,15-19H,6H2/t9-,10-,11+,12-,13-/m1/s1.